The molecule has 1 aliphatic rings. The van der Waals surface area contributed by atoms with Crippen LogP contribution in [0.25, 0.3) is 0 Å². The zero-order chi connectivity index (χ0) is 7.61. The van der Waals surface area contributed by atoms with Gasteiger partial charge in [-0.25, -0.2) is 0 Å². The second kappa shape index (κ2) is 2.89. The predicted octanol–water partition coefficient (Wildman–Crippen LogP) is 1.33. The van der Waals surface area contributed by atoms with Crippen LogP contribution in [0.15, 0.2) is 0 Å². The summed E-state index contributed by atoms with van der Waals surface area (Å²) in [5.41, 5.74) is 0.111. The fraction of sp³-hybridized carbons (Fsp3) is 1.00. The van der Waals surface area contributed by atoms with Gasteiger partial charge in [0.15, 0.2) is 0 Å². The maximum atomic E-state index is 8.51. The molecule has 0 saturated carbocycles. The summed E-state index contributed by atoms with van der Waals surface area (Å²) in [7, 11) is 0. The monoisotopic (exact) mass is 144 g/mol. The van der Waals surface area contributed by atoms with E-state index in [4.69, 9.17) is 9.84 Å². The Morgan fingerprint density at radius 2 is 2.20 bits per heavy atom. The van der Waals surface area contributed by atoms with Gasteiger partial charge >= 0.3 is 0 Å². The van der Waals surface area contributed by atoms with E-state index in [-0.39, 0.29) is 5.60 Å². The van der Waals surface area contributed by atoms with Crippen LogP contribution in [-0.2, 0) is 4.74 Å². The van der Waals surface area contributed by atoms with Gasteiger partial charge in [0.05, 0.1) is 11.7 Å². The number of hydrogen-bond donors (Lipinski definition) is 1. The van der Waals surface area contributed by atoms with Gasteiger partial charge in [-0.1, -0.05) is 0 Å². The fourth-order valence-corrected chi connectivity index (χ4v) is 1.47. The van der Waals surface area contributed by atoms with Crippen LogP contribution in [-0.4, -0.2) is 23.4 Å². The van der Waals surface area contributed by atoms with E-state index in [1.165, 1.54) is 0 Å². The summed E-state index contributed by atoms with van der Waals surface area (Å²) < 4.78 is 5.52. The van der Waals surface area contributed by atoms with Crippen molar-refractivity contribution in [2.75, 3.05) is 6.61 Å². The normalized spacial score (nSPS) is 29.7. The van der Waals surface area contributed by atoms with E-state index in [2.05, 4.69) is 13.8 Å². The minimum Gasteiger partial charge on any atom is -0.396 e. The molecule has 0 aliphatic carbocycles. The van der Waals surface area contributed by atoms with Crippen molar-refractivity contribution in [2.24, 2.45) is 0 Å². The van der Waals surface area contributed by atoms with Gasteiger partial charge in [-0.3, -0.25) is 0 Å². The largest absolute Gasteiger partial charge is 0.396 e. The Morgan fingerprint density at radius 1 is 1.60 bits per heavy atom. The standard InChI is InChI=1S/C8H16O2/c1-8(2)6-7(10-8)4-3-5-9/h7,9H,3-6H2,1-2H3/t7-/m1/s1. The summed E-state index contributed by atoms with van der Waals surface area (Å²) in [5, 5.41) is 8.51. The molecule has 0 unspecified atom stereocenters. The van der Waals surface area contributed by atoms with E-state index in [1.54, 1.807) is 0 Å². The lowest BCUT2D eigenvalue weighted by Gasteiger charge is -2.43. The van der Waals surface area contributed by atoms with E-state index in [1.807, 2.05) is 0 Å². The third-order valence-corrected chi connectivity index (χ3v) is 1.89. The lowest BCUT2D eigenvalue weighted by atomic mass is 9.91. The van der Waals surface area contributed by atoms with Gasteiger partial charge in [0.2, 0.25) is 0 Å². The highest BCUT2D eigenvalue weighted by molar-refractivity contribution is 4.85. The van der Waals surface area contributed by atoms with Crippen molar-refractivity contribution in [3.8, 4) is 0 Å². The Labute approximate surface area is 62.2 Å². The van der Waals surface area contributed by atoms with Gasteiger partial charge in [-0.15, -0.1) is 0 Å². The number of ether oxygens (including phenoxy) is 1. The molecule has 0 radical (unpaired) electrons. The topological polar surface area (TPSA) is 29.5 Å². The summed E-state index contributed by atoms with van der Waals surface area (Å²) in [4.78, 5) is 0. The maximum absolute atomic E-state index is 8.51. The SMILES string of the molecule is CC1(C)C[C@@H](CCCO)O1. The summed E-state index contributed by atoms with van der Waals surface area (Å²) in [6.07, 6.45) is 3.45. The first-order valence-electron chi connectivity index (χ1n) is 3.93. The Bertz CT molecular complexity index is 102. The highest BCUT2D eigenvalue weighted by Gasteiger charge is 2.36. The minimum atomic E-state index is 0.111. The molecule has 0 bridgehead atoms. The zero-order valence-corrected chi connectivity index (χ0v) is 6.76. The van der Waals surface area contributed by atoms with Crippen LogP contribution in [0.3, 0.4) is 0 Å². The minimum absolute atomic E-state index is 0.111. The van der Waals surface area contributed by atoms with Crippen LogP contribution < -0.4 is 0 Å². The number of rotatable bonds is 3. The molecule has 2 nitrogen and oxygen atoms in total. The molecule has 1 heterocycles. The molecule has 0 aromatic rings. The molecule has 0 aromatic carbocycles. The molecule has 1 atom stereocenters. The molecule has 1 saturated heterocycles. The number of hydrogen-bond acceptors (Lipinski definition) is 2. The first kappa shape index (κ1) is 8.02. The van der Waals surface area contributed by atoms with E-state index in [0.717, 1.165) is 19.3 Å². The van der Waals surface area contributed by atoms with Gasteiger partial charge in [0, 0.05) is 13.0 Å². The summed E-state index contributed by atoms with van der Waals surface area (Å²) in [5.74, 6) is 0. The fourth-order valence-electron chi connectivity index (χ4n) is 1.47. The van der Waals surface area contributed by atoms with Gasteiger partial charge in [0.25, 0.3) is 0 Å². The van der Waals surface area contributed by atoms with Crippen LogP contribution in [0.1, 0.15) is 33.1 Å². The average Bonchev–Trinajstić information content (AvgIpc) is 1.78. The molecule has 1 N–H and O–H groups in total. The Hall–Kier alpha value is -0.0800. The molecular formula is C8H16O2. The van der Waals surface area contributed by atoms with E-state index in [9.17, 15) is 0 Å². The van der Waals surface area contributed by atoms with Crippen molar-refractivity contribution in [1.82, 2.24) is 0 Å². The van der Waals surface area contributed by atoms with E-state index < -0.39 is 0 Å². The molecule has 0 amide bonds. The van der Waals surface area contributed by atoms with Crippen molar-refractivity contribution >= 4 is 0 Å². The highest BCUT2D eigenvalue weighted by atomic mass is 16.5. The lowest BCUT2D eigenvalue weighted by Crippen LogP contribution is -2.45. The third kappa shape index (κ3) is 1.96. The molecule has 2 heteroatoms. The second-order valence-corrected chi connectivity index (χ2v) is 3.57. The summed E-state index contributed by atoms with van der Waals surface area (Å²) in [6, 6.07) is 0. The second-order valence-electron chi connectivity index (χ2n) is 3.57. The van der Waals surface area contributed by atoms with Gasteiger partial charge < -0.3 is 9.84 Å². The van der Waals surface area contributed by atoms with E-state index in [0.29, 0.717) is 12.7 Å². The average molecular weight is 144 g/mol. The number of aliphatic hydroxyl groups excluding tert-OH is 1. The van der Waals surface area contributed by atoms with Crippen molar-refractivity contribution in [1.29, 1.82) is 0 Å². The van der Waals surface area contributed by atoms with Crippen LogP contribution >= 0.6 is 0 Å². The highest BCUT2D eigenvalue weighted by Crippen LogP contribution is 2.33. The Balaban J connectivity index is 2.03. The summed E-state index contributed by atoms with van der Waals surface area (Å²) in [6.45, 7) is 4.49. The first-order chi connectivity index (χ1) is 4.64. The molecule has 1 fully saturated rings. The zero-order valence-electron chi connectivity index (χ0n) is 6.76. The molecular weight excluding hydrogens is 128 g/mol. The van der Waals surface area contributed by atoms with Crippen molar-refractivity contribution in [2.45, 2.75) is 44.8 Å². The summed E-state index contributed by atoms with van der Waals surface area (Å²) >= 11 is 0. The predicted molar refractivity (Wildman–Crippen MR) is 39.9 cm³/mol. The first-order valence-corrected chi connectivity index (χ1v) is 3.93. The van der Waals surface area contributed by atoms with Crippen molar-refractivity contribution in [3.63, 3.8) is 0 Å². The van der Waals surface area contributed by atoms with Crippen molar-refractivity contribution < 1.29 is 9.84 Å². The van der Waals surface area contributed by atoms with Gasteiger partial charge in [-0.05, 0) is 26.7 Å². The molecule has 10 heavy (non-hydrogen) atoms. The molecule has 1 rings (SSSR count). The molecule has 0 aromatic heterocycles. The third-order valence-electron chi connectivity index (χ3n) is 1.89. The maximum Gasteiger partial charge on any atom is 0.0655 e. The Morgan fingerprint density at radius 3 is 2.60 bits per heavy atom. The molecule has 1 aliphatic heterocycles. The van der Waals surface area contributed by atoms with Crippen LogP contribution in [0.2, 0.25) is 0 Å². The van der Waals surface area contributed by atoms with Gasteiger partial charge in [-0.2, -0.15) is 0 Å². The Kier molecular flexibility index (Phi) is 2.32. The molecule has 0 spiro atoms. The number of aliphatic hydroxyl groups is 1. The van der Waals surface area contributed by atoms with Crippen LogP contribution in [0.4, 0.5) is 0 Å². The lowest BCUT2D eigenvalue weighted by molar-refractivity contribution is -0.187. The van der Waals surface area contributed by atoms with Crippen molar-refractivity contribution in [3.05, 3.63) is 0 Å². The van der Waals surface area contributed by atoms with Crippen LogP contribution in [0.5, 0.6) is 0 Å². The van der Waals surface area contributed by atoms with Crippen LogP contribution in [0, 0.1) is 0 Å². The molecule has 60 valence electrons. The smallest absolute Gasteiger partial charge is 0.0655 e. The quantitative estimate of drug-likeness (QED) is 0.647. The van der Waals surface area contributed by atoms with Gasteiger partial charge in [0.1, 0.15) is 0 Å². The van der Waals surface area contributed by atoms with E-state index >= 15 is 0 Å².